The first-order chi connectivity index (χ1) is 17.4. The van der Waals surface area contributed by atoms with Crippen molar-refractivity contribution in [3.8, 4) is 11.5 Å². The summed E-state index contributed by atoms with van der Waals surface area (Å²) < 4.78 is 10.7. The predicted molar refractivity (Wildman–Crippen MR) is 144 cm³/mol. The number of hydrogen-bond acceptors (Lipinski definition) is 5. The van der Waals surface area contributed by atoms with Crippen molar-refractivity contribution in [2.75, 3.05) is 33.9 Å². The zero-order valence-electron chi connectivity index (χ0n) is 20.4. The fraction of sp³-hybridized carbons (Fsp3) is 0.333. The van der Waals surface area contributed by atoms with E-state index in [9.17, 15) is 9.59 Å². The lowest BCUT2D eigenvalue weighted by Crippen LogP contribution is -2.47. The average molecular weight is 548 g/mol. The molecule has 0 radical (unpaired) electrons. The Bertz CT molecular complexity index is 1260. The van der Waals surface area contributed by atoms with Gasteiger partial charge in [0, 0.05) is 34.1 Å². The Morgan fingerprint density at radius 2 is 1.89 bits per heavy atom. The third-order valence-electron chi connectivity index (χ3n) is 6.29. The van der Waals surface area contributed by atoms with Crippen LogP contribution in [0.3, 0.4) is 0 Å². The van der Waals surface area contributed by atoms with Crippen LogP contribution in [0.5, 0.6) is 11.5 Å². The molecule has 2 heterocycles. The molecule has 9 heteroatoms. The number of hydrogen-bond donors (Lipinski definition) is 0. The lowest BCUT2D eigenvalue weighted by atomic mass is 9.93. The van der Waals surface area contributed by atoms with Crippen LogP contribution in [0.25, 0.3) is 0 Å². The van der Waals surface area contributed by atoms with E-state index >= 15 is 0 Å². The van der Waals surface area contributed by atoms with Crippen molar-refractivity contribution in [3.05, 3.63) is 79.5 Å². The Labute approximate surface area is 225 Å². The van der Waals surface area contributed by atoms with E-state index in [2.05, 4.69) is 0 Å². The number of carbonyl (C=O) groups excluding carboxylic acids is 2. The molecule has 2 amide bonds. The minimum absolute atomic E-state index is 0.0525. The molecular weight excluding hydrogens is 519 g/mol. The molecule has 1 aliphatic rings. The standard InChI is InChI=1S/C27H28Cl2N2O4S/c1-4-11-30(27(33)20-8-6-18(34-2)15-23(20)35-3)16-25(32)31-12-9-24-21(10-13-36-24)26(31)19-7-5-17(28)14-22(19)29/h5-8,10,13-15,26H,4,9,11-12,16H2,1-3H3. The number of rotatable bonds is 8. The van der Waals surface area contributed by atoms with Crippen molar-refractivity contribution in [1.82, 2.24) is 9.80 Å². The number of ether oxygens (including phenoxy) is 2. The number of fused-ring (bicyclic) bond motifs is 1. The van der Waals surface area contributed by atoms with Crippen LogP contribution in [-0.2, 0) is 11.2 Å². The first kappa shape index (κ1) is 26.3. The van der Waals surface area contributed by atoms with E-state index in [1.165, 1.54) is 12.0 Å². The average Bonchev–Trinajstić information content (AvgIpc) is 3.36. The first-order valence-corrected chi connectivity index (χ1v) is 13.3. The van der Waals surface area contributed by atoms with Gasteiger partial charge in [-0.25, -0.2) is 0 Å². The highest BCUT2D eigenvalue weighted by atomic mass is 35.5. The Hall–Kier alpha value is -2.74. The van der Waals surface area contributed by atoms with Gasteiger partial charge in [0.25, 0.3) is 5.91 Å². The maximum atomic E-state index is 13.8. The molecule has 2 aromatic carbocycles. The number of nitrogens with zero attached hydrogens (tertiary/aromatic N) is 2. The molecule has 0 saturated carbocycles. The van der Waals surface area contributed by atoms with Gasteiger partial charge in [-0.2, -0.15) is 0 Å². The molecule has 6 nitrogen and oxygen atoms in total. The molecule has 0 spiro atoms. The van der Waals surface area contributed by atoms with Crippen LogP contribution >= 0.6 is 34.5 Å². The molecule has 0 saturated heterocycles. The van der Waals surface area contributed by atoms with Crippen molar-refractivity contribution in [2.45, 2.75) is 25.8 Å². The van der Waals surface area contributed by atoms with Gasteiger partial charge in [0.15, 0.2) is 0 Å². The van der Waals surface area contributed by atoms with Gasteiger partial charge in [-0.1, -0.05) is 36.2 Å². The molecule has 36 heavy (non-hydrogen) atoms. The van der Waals surface area contributed by atoms with E-state index in [-0.39, 0.29) is 24.4 Å². The topological polar surface area (TPSA) is 59.1 Å². The third kappa shape index (κ3) is 5.33. The number of halogens is 2. The van der Waals surface area contributed by atoms with Crippen LogP contribution in [0.15, 0.2) is 47.8 Å². The van der Waals surface area contributed by atoms with Crippen LogP contribution in [0.4, 0.5) is 0 Å². The Balaban J connectivity index is 1.64. The van der Waals surface area contributed by atoms with Gasteiger partial charge in [0.05, 0.1) is 25.8 Å². The first-order valence-electron chi connectivity index (χ1n) is 11.7. The second-order valence-electron chi connectivity index (χ2n) is 8.50. The molecule has 3 aromatic rings. The summed E-state index contributed by atoms with van der Waals surface area (Å²) >= 11 is 14.4. The van der Waals surface area contributed by atoms with Crippen molar-refractivity contribution in [3.63, 3.8) is 0 Å². The van der Waals surface area contributed by atoms with Gasteiger partial charge < -0.3 is 19.3 Å². The molecule has 1 unspecified atom stereocenters. The van der Waals surface area contributed by atoms with E-state index in [4.69, 9.17) is 32.7 Å². The largest absolute Gasteiger partial charge is 0.497 e. The number of benzene rings is 2. The van der Waals surface area contributed by atoms with Crippen molar-refractivity contribution in [2.24, 2.45) is 0 Å². The second kappa shape index (κ2) is 11.5. The van der Waals surface area contributed by atoms with Crippen LogP contribution in [0.1, 0.15) is 45.7 Å². The maximum Gasteiger partial charge on any atom is 0.258 e. The zero-order chi connectivity index (χ0) is 25.8. The van der Waals surface area contributed by atoms with Gasteiger partial charge in [-0.15, -0.1) is 11.3 Å². The summed E-state index contributed by atoms with van der Waals surface area (Å²) in [6, 6.07) is 12.1. The summed E-state index contributed by atoms with van der Waals surface area (Å²) in [5.74, 6) is 0.583. The third-order valence-corrected chi connectivity index (χ3v) is 7.85. The Kier molecular flexibility index (Phi) is 8.44. The lowest BCUT2D eigenvalue weighted by Gasteiger charge is -2.38. The molecular formula is C27H28Cl2N2O4S. The molecule has 4 rings (SSSR count). The highest BCUT2D eigenvalue weighted by molar-refractivity contribution is 7.10. The van der Waals surface area contributed by atoms with Gasteiger partial charge in [0.1, 0.15) is 18.0 Å². The predicted octanol–water partition coefficient (Wildman–Crippen LogP) is 6.10. The normalized spacial score (nSPS) is 14.8. The van der Waals surface area contributed by atoms with Crippen LogP contribution in [0.2, 0.25) is 10.0 Å². The van der Waals surface area contributed by atoms with Gasteiger partial charge >= 0.3 is 0 Å². The molecule has 1 aliphatic heterocycles. The van der Waals surface area contributed by atoms with Gasteiger partial charge in [-0.05, 0) is 59.7 Å². The number of methoxy groups -OCH3 is 2. The second-order valence-corrected chi connectivity index (χ2v) is 10.3. The van der Waals surface area contributed by atoms with E-state index in [0.29, 0.717) is 46.6 Å². The summed E-state index contributed by atoms with van der Waals surface area (Å²) in [6.07, 6.45) is 1.47. The zero-order valence-corrected chi connectivity index (χ0v) is 22.8. The molecule has 190 valence electrons. The number of thiophene rings is 1. The monoisotopic (exact) mass is 546 g/mol. The number of carbonyl (C=O) groups is 2. The fourth-order valence-electron chi connectivity index (χ4n) is 4.57. The van der Waals surface area contributed by atoms with Gasteiger partial charge in [-0.3, -0.25) is 9.59 Å². The number of amides is 2. The van der Waals surface area contributed by atoms with E-state index in [1.54, 1.807) is 53.7 Å². The summed E-state index contributed by atoms with van der Waals surface area (Å²) in [4.78, 5) is 32.0. The lowest BCUT2D eigenvalue weighted by molar-refractivity contribution is -0.134. The molecule has 0 bridgehead atoms. The molecule has 1 aromatic heterocycles. The molecule has 0 N–H and O–H groups in total. The van der Waals surface area contributed by atoms with Gasteiger partial charge in [0.2, 0.25) is 5.91 Å². The summed E-state index contributed by atoms with van der Waals surface area (Å²) in [5, 5.41) is 3.09. The quantitative estimate of drug-likeness (QED) is 0.342. The Morgan fingerprint density at radius 1 is 1.08 bits per heavy atom. The van der Waals surface area contributed by atoms with E-state index in [0.717, 1.165) is 17.5 Å². The minimum atomic E-state index is -0.341. The van der Waals surface area contributed by atoms with Crippen LogP contribution in [-0.4, -0.2) is 55.5 Å². The smallest absolute Gasteiger partial charge is 0.258 e. The molecule has 1 atom stereocenters. The van der Waals surface area contributed by atoms with E-state index in [1.807, 2.05) is 29.3 Å². The minimum Gasteiger partial charge on any atom is -0.497 e. The van der Waals surface area contributed by atoms with Crippen molar-refractivity contribution < 1.29 is 19.1 Å². The fourth-order valence-corrected chi connectivity index (χ4v) is 5.98. The summed E-state index contributed by atoms with van der Waals surface area (Å²) in [5.41, 5.74) is 2.27. The van der Waals surface area contributed by atoms with Crippen LogP contribution in [0, 0.1) is 0 Å². The highest BCUT2D eigenvalue weighted by Crippen LogP contribution is 2.41. The summed E-state index contributed by atoms with van der Waals surface area (Å²) in [7, 11) is 3.06. The highest BCUT2D eigenvalue weighted by Gasteiger charge is 2.35. The SMILES string of the molecule is CCCN(CC(=O)N1CCc2sccc2C1c1ccc(Cl)cc1Cl)C(=O)c1ccc(OC)cc1OC. The van der Waals surface area contributed by atoms with Crippen LogP contribution < -0.4 is 9.47 Å². The Morgan fingerprint density at radius 3 is 2.58 bits per heavy atom. The molecule has 0 fully saturated rings. The van der Waals surface area contributed by atoms with Crippen molar-refractivity contribution >= 4 is 46.4 Å². The molecule has 0 aliphatic carbocycles. The van der Waals surface area contributed by atoms with E-state index < -0.39 is 0 Å². The maximum absolute atomic E-state index is 13.8. The summed E-state index contributed by atoms with van der Waals surface area (Å²) in [6.45, 7) is 2.90. The van der Waals surface area contributed by atoms with Crippen molar-refractivity contribution in [1.29, 1.82) is 0 Å².